The van der Waals surface area contributed by atoms with Crippen LogP contribution >= 0.6 is 0 Å². The molecule has 1 aromatic rings. The first-order valence-corrected chi connectivity index (χ1v) is 5.47. The van der Waals surface area contributed by atoms with E-state index >= 15 is 0 Å². The predicted octanol–water partition coefficient (Wildman–Crippen LogP) is 1.24. The van der Waals surface area contributed by atoms with Crippen molar-refractivity contribution in [1.82, 2.24) is 10.2 Å². The maximum Gasteiger partial charge on any atom is 0.162 e. The largest absolute Gasteiger partial charge is 0.384 e. The van der Waals surface area contributed by atoms with Crippen LogP contribution in [-0.2, 0) is 0 Å². The van der Waals surface area contributed by atoms with E-state index in [1.54, 1.807) is 12.3 Å². The van der Waals surface area contributed by atoms with Gasteiger partial charge >= 0.3 is 0 Å². The molecule has 1 rings (SSSR count). The quantitative estimate of drug-likeness (QED) is 0.579. The second-order valence-corrected chi connectivity index (χ2v) is 4.11. The summed E-state index contributed by atoms with van der Waals surface area (Å²) in [5.41, 5.74) is 6.18. The molecule has 0 saturated heterocycles. The Balaban J connectivity index is 3.04. The topological polar surface area (TPSA) is 78.9 Å². The number of nitrogen functional groups attached to an aromatic ring is 1. The minimum Gasteiger partial charge on any atom is -0.384 e. The molecule has 1 aromatic heterocycles. The van der Waals surface area contributed by atoms with Gasteiger partial charge in [0.1, 0.15) is 5.84 Å². The summed E-state index contributed by atoms with van der Waals surface area (Å²) in [5, 5.41) is 15.4. The van der Waals surface area contributed by atoms with Crippen LogP contribution in [0.15, 0.2) is 12.3 Å². The van der Waals surface area contributed by atoms with Gasteiger partial charge < -0.3 is 10.6 Å². The van der Waals surface area contributed by atoms with Crippen molar-refractivity contribution >= 4 is 11.7 Å². The molecule has 0 fully saturated rings. The number of nitrogens with two attached hydrogens (primary N) is 1. The van der Waals surface area contributed by atoms with Crippen molar-refractivity contribution in [3.8, 4) is 0 Å². The maximum absolute atomic E-state index is 7.51. The number of amidine groups is 1. The standard InChI is InChI=1S/C11H19N5/c1-4-16(7-8(2)3)11-9(10(12)13)5-6-14-15-11/h5-6,8H,4,7H2,1-3H3,(H3,12,13). The van der Waals surface area contributed by atoms with Gasteiger partial charge in [0.15, 0.2) is 5.82 Å². The van der Waals surface area contributed by atoms with E-state index in [9.17, 15) is 0 Å². The number of nitrogens with zero attached hydrogens (tertiary/aromatic N) is 3. The highest BCUT2D eigenvalue weighted by molar-refractivity contribution is 5.99. The first kappa shape index (κ1) is 12.4. The summed E-state index contributed by atoms with van der Waals surface area (Å²) >= 11 is 0. The van der Waals surface area contributed by atoms with Crippen molar-refractivity contribution in [2.45, 2.75) is 20.8 Å². The predicted molar refractivity (Wildman–Crippen MR) is 65.8 cm³/mol. The molecule has 0 aliphatic rings. The van der Waals surface area contributed by atoms with Gasteiger partial charge in [-0.25, -0.2) is 0 Å². The number of hydrogen-bond donors (Lipinski definition) is 2. The SMILES string of the molecule is CCN(CC(C)C)c1nnccc1C(=N)N. The number of rotatable bonds is 5. The van der Waals surface area contributed by atoms with Crippen LogP contribution in [0.4, 0.5) is 5.82 Å². The van der Waals surface area contributed by atoms with Gasteiger partial charge in [-0.3, -0.25) is 5.41 Å². The van der Waals surface area contributed by atoms with Crippen LogP contribution in [0.5, 0.6) is 0 Å². The summed E-state index contributed by atoms with van der Waals surface area (Å²) in [6.45, 7) is 8.06. The first-order valence-electron chi connectivity index (χ1n) is 5.47. The average molecular weight is 221 g/mol. The summed E-state index contributed by atoms with van der Waals surface area (Å²) in [6.07, 6.45) is 1.56. The monoisotopic (exact) mass is 221 g/mol. The van der Waals surface area contributed by atoms with Crippen molar-refractivity contribution in [1.29, 1.82) is 5.41 Å². The normalized spacial score (nSPS) is 10.5. The van der Waals surface area contributed by atoms with E-state index in [2.05, 4.69) is 35.9 Å². The van der Waals surface area contributed by atoms with E-state index in [0.717, 1.165) is 13.1 Å². The fraction of sp³-hybridized carbons (Fsp3) is 0.545. The van der Waals surface area contributed by atoms with E-state index < -0.39 is 0 Å². The molecular formula is C11H19N5. The number of aromatic nitrogens is 2. The summed E-state index contributed by atoms with van der Waals surface area (Å²) < 4.78 is 0. The van der Waals surface area contributed by atoms with Gasteiger partial charge in [0.2, 0.25) is 0 Å². The van der Waals surface area contributed by atoms with Crippen LogP contribution < -0.4 is 10.6 Å². The molecule has 5 nitrogen and oxygen atoms in total. The number of hydrogen-bond acceptors (Lipinski definition) is 4. The Morgan fingerprint density at radius 1 is 1.56 bits per heavy atom. The highest BCUT2D eigenvalue weighted by Crippen LogP contribution is 2.16. The third kappa shape index (κ3) is 2.92. The van der Waals surface area contributed by atoms with Crippen molar-refractivity contribution in [2.75, 3.05) is 18.0 Å². The minimum atomic E-state index is 0.0344. The Hall–Kier alpha value is -1.65. The molecule has 0 saturated carbocycles. The Labute approximate surface area is 96.2 Å². The molecule has 0 radical (unpaired) electrons. The Morgan fingerprint density at radius 3 is 2.75 bits per heavy atom. The zero-order valence-corrected chi connectivity index (χ0v) is 10.1. The second kappa shape index (κ2) is 5.44. The molecule has 0 aliphatic heterocycles. The lowest BCUT2D eigenvalue weighted by Gasteiger charge is -2.25. The van der Waals surface area contributed by atoms with Crippen LogP contribution in [-0.4, -0.2) is 29.1 Å². The van der Waals surface area contributed by atoms with Crippen molar-refractivity contribution in [2.24, 2.45) is 11.7 Å². The molecule has 1 heterocycles. The van der Waals surface area contributed by atoms with Gasteiger partial charge in [-0.1, -0.05) is 13.8 Å². The summed E-state index contributed by atoms with van der Waals surface area (Å²) in [5.74, 6) is 1.26. The number of nitrogens with one attached hydrogen (secondary N) is 1. The molecule has 0 atom stereocenters. The summed E-state index contributed by atoms with van der Waals surface area (Å²) in [6, 6.07) is 1.73. The fourth-order valence-electron chi connectivity index (χ4n) is 1.57. The van der Waals surface area contributed by atoms with Crippen LogP contribution in [0, 0.1) is 11.3 Å². The highest BCUT2D eigenvalue weighted by atomic mass is 15.3. The molecule has 0 unspecified atom stereocenters. The van der Waals surface area contributed by atoms with Crippen LogP contribution in [0.25, 0.3) is 0 Å². The van der Waals surface area contributed by atoms with Gasteiger partial charge in [0.05, 0.1) is 11.8 Å². The third-order valence-electron chi connectivity index (χ3n) is 2.26. The van der Waals surface area contributed by atoms with Gasteiger partial charge in [0, 0.05) is 13.1 Å². The van der Waals surface area contributed by atoms with Crippen LogP contribution in [0.2, 0.25) is 0 Å². The molecule has 88 valence electrons. The molecule has 0 amide bonds. The van der Waals surface area contributed by atoms with Gasteiger partial charge in [-0.15, -0.1) is 5.10 Å². The molecule has 0 spiro atoms. The molecule has 0 aromatic carbocycles. The Bertz CT molecular complexity index is 361. The van der Waals surface area contributed by atoms with E-state index in [0.29, 0.717) is 17.3 Å². The fourth-order valence-corrected chi connectivity index (χ4v) is 1.57. The molecular weight excluding hydrogens is 202 g/mol. The highest BCUT2D eigenvalue weighted by Gasteiger charge is 2.14. The lowest BCUT2D eigenvalue weighted by atomic mass is 10.2. The zero-order chi connectivity index (χ0) is 12.1. The molecule has 5 heteroatoms. The van der Waals surface area contributed by atoms with Crippen LogP contribution in [0.3, 0.4) is 0 Å². The molecule has 0 aliphatic carbocycles. The first-order chi connectivity index (χ1) is 7.56. The summed E-state index contributed by atoms with van der Waals surface area (Å²) in [7, 11) is 0. The molecule has 16 heavy (non-hydrogen) atoms. The average Bonchev–Trinajstić information content (AvgIpc) is 2.25. The van der Waals surface area contributed by atoms with E-state index in [4.69, 9.17) is 11.1 Å². The van der Waals surface area contributed by atoms with E-state index in [1.165, 1.54) is 0 Å². The van der Waals surface area contributed by atoms with E-state index in [-0.39, 0.29) is 5.84 Å². The lowest BCUT2D eigenvalue weighted by molar-refractivity contribution is 0.611. The second-order valence-electron chi connectivity index (χ2n) is 4.11. The Morgan fingerprint density at radius 2 is 2.25 bits per heavy atom. The smallest absolute Gasteiger partial charge is 0.162 e. The minimum absolute atomic E-state index is 0.0344. The zero-order valence-electron chi connectivity index (χ0n) is 10.1. The maximum atomic E-state index is 7.51. The van der Waals surface area contributed by atoms with Crippen LogP contribution in [0.1, 0.15) is 26.3 Å². The molecule has 3 N–H and O–H groups in total. The lowest BCUT2D eigenvalue weighted by Crippen LogP contribution is -2.31. The Kier molecular flexibility index (Phi) is 4.22. The van der Waals surface area contributed by atoms with E-state index in [1.807, 2.05) is 0 Å². The van der Waals surface area contributed by atoms with Gasteiger partial charge in [-0.05, 0) is 18.9 Å². The van der Waals surface area contributed by atoms with Gasteiger partial charge in [0.25, 0.3) is 0 Å². The number of anilines is 1. The van der Waals surface area contributed by atoms with Crippen molar-refractivity contribution in [3.05, 3.63) is 17.8 Å². The van der Waals surface area contributed by atoms with Crippen molar-refractivity contribution in [3.63, 3.8) is 0 Å². The van der Waals surface area contributed by atoms with Gasteiger partial charge in [-0.2, -0.15) is 5.10 Å². The molecule has 0 bridgehead atoms. The van der Waals surface area contributed by atoms with Crippen molar-refractivity contribution < 1.29 is 0 Å². The third-order valence-corrected chi connectivity index (χ3v) is 2.26. The summed E-state index contributed by atoms with van der Waals surface area (Å²) in [4.78, 5) is 2.09.